The van der Waals surface area contributed by atoms with Gasteiger partial charge < -0.3 is 14.8 Å². The second-order valence-electron chi connectivity index (χ2n) is 7.05. The van der Waals surface area contributed by atoms with Gasteiger partial charge in [-0.25, -0.2) is 4.98 Å². The Balaban J connectivity index is 1.69. The number of para-hydroxylation sites is 1. The van der Waals surface area contributed by atoms with E-state index in [1.54, 1.807) is 60.7 Å². The SMILES string of the molecule is COc1ccc(-n2c(SCC(=O)Nc3cc(Cl)ccc3OC)nc3ccccc3c2=O)cc1Cl. The van der Waals surface area contributed by atoms with E-state index in [4.69, 9.17) is 32.7 Å². The lowest BCUT2D eigenvalue weighted by molar-refractivity contribution is -0.113. The first-order valence-electron chi connectivity index (χ1n) is 10.0. The molecular formula is C24H19Cl2N3O4S. The Hall–Kier alpha value is -3.20. The molecule has 0 spiro atoms. The van der Waals surface area contributed by atoms with Gasteiger partial charge in [-0.05, 0) is 48.5 Å². The van der Waals surface area contributed by atoms with Crippen molar-refractivity contribution in [3.63, 3.8) is 0 Å². The van der Waals surface area contributed by atoms with Crippen molar-refractivity contribution in [3.8, 4) is 17.2 Å². The molecule has 3 aromatic carbocycles. The molecular weight excluding hydrogens is 497 g/mol. The van der Waals surface area contributed by atoms with Crippen LogP contribution in [0.25, 0.3) is 16.6 Å². The number of rotatable bonds is 7. The number of nitrogens with zero attached hydrogens (tertiary/aromatic N) is 2. The van der Waals surface area contributed by atoms with Crippen molar-refractivity contribution in [1.29, 1.82) is 0 Å². The number of ether oxygens (including phenoxy) is 2. The fourth-order valence-electron chi connectivity index (χ4n) is 3.33. The second-order valence-corrected chi connectivity index (χ2v) is 8.84. The van der Waals surface area contributed by atoms with Gasteiger partial charge >= 0.3 is 0 Å². The Morgan fingerprint density at radius 1 is 1.03 bits per heavy atom. The van der Waals surface area contributed by atoms with Crippen molar-refractivity contribution in [2.45, 2.75) is 5.16 Å². The Morgan fingerprint density at radius 3 is 2.50 bits per heavy atom. The molecule has 7 nitrogen and oxygen atoms in total. The summed E-state index contributed by atoms with van der Waals surface area (Å²) in [5.41, 5.74) is 1.22. The molecule has 0 radical (unpaired) electrons. The summed E-state index contributed by atoms with van der Waals surface area (Å²) in [6.45, 7) is 0. The number of carbonyl (C=O) groups is 1. The minimum atomic E-state index is -0.313. The molecule has 1 aromatic heterocycles. The number of nitrogens with one attached hydrogen (secondary N) is 1. The summed E-state index contributed by atoms with van der Waals surface area (Å²) < 4.78 is 11.9. The highest BCUT2D eigenvalue weighted by atomic mass is 35.5. The normalized spacial score (nSPS) is 10.8. The summed E-state index contributed by atoms with van der Waals surface area (Å²) in [5.74, 6) is 0.643. The highest BCUT2D eigenvalue weighted by molar-refractivity contribution is 7.99. The predicted molar refractivity (Wildman–Crippen MR) is 136 cm³/mol. The number of benzene rings is 3. The Bertz CT molecular complexity index is 1440. The molecule has 0 saturated heterocycles. The topological polar surface area (TPSA) is 82.4 Å². The van der Waals surface area contributed by atoms with Crippen molar-refractivity contribution in [1.82, 2.24) is 9.55 Å². The fourth-order valence-corrected chi connectivity index (χ4v) is 4.56. The maximum absolute atomic E-state index is 13.4. The number of aromatic nitrogens is 2. The van der Waals surface area contributed by atoms with Gasteiger partial charge in [0.15, 0.2) is 5.16 Å². The van der Waals surface area contributed by atoms with Crippen molar-refractivity contribution in [2.24, 2.45) is 0 Å². The van der Waals surface area contributed by atoms with Crippen molar-refractivity contribution in [3.05, 3.63) is 81.1 Å². The van der Waals surface area contributed by atoms with Crippen LogP contribution in [0.1, 0.15) is 0 Å². The number of hydrogen-bond acceptors (Lipinski definition) is 6. The highest BCUT2D eigenvalue weighted by Gasteiger charge is 2.17. The molecule has 0 aliphatic heterocycles. The highest BCUT2D eigenvalue weighted by Crippen LogP contribution is 2.30. The average Bonchev–Trinajstić information content (AvgIpc) is 2.83. The molecule has 10 heteroatoms. The third kappa shape index (κ3) is 4.99. The molecule has 174 valence electrons. The van der Waals surface area contributed by atoms with E-state index < -0.39 is 0 Å². The van der Waals surface area contributed by atoms with Gasteiger partial charge in [0, 0.05) is 5.02 Å². The summed E-state index contributed by atoms with van der Waals surface area (Å²) >= 11 is 13.5. The number of fused-ring (bicyclic) bond motifs is 1. The zero-order valence-electron chi connectivity index (χ0n) is 18.2. The van der Waals surface area contributed by atoms with E-state index in [0.29, 0.717) is 49.0 Å². The number of hydrogen-bond donors (Lipinski definition) is 1. The zero-order chi connectivity index (χ0) is 24.2. The lowest BCUT2D eigenvalue weighted by atomic mass is 10.2. The van der Waals surface area contributed by atoms with Crippen LogP contribution in [0.15, 0.2) is 70.6 Å². The summed E-state index contributed by atoms with van der Waals surface area (Å²) in [7, 11) is 3.02. The number of carbonyl (C=O) groups excluding carboxylic acids is 1. The molecule has 0 saturated carbocycles. The van der Waals surface area contributed by atoms with E-state index in [-0.39, 0.29) is 17.2 Å². The molecule has 0 atom stereocenters. The molecule has 4 aromatic rings. The van der Waals surface area contributed by atoms with Crippen LogP contribution >= 0.6 is 35.0 Å². The Morgan fingerprint density at radius 2 is 1.76 bits per heavy atom. The van der Waals surface area contributed by atoms with Crippen LogP contribution in [-0.2, 0) is 4.79 Å². The number of anilines is 1. The first-order valence-corrected chi connectivity index (χ1v) is 11.8. The van der Waals surface area contributed by atoms with Gasteiger partial charge in [0.25, 0.3) is 5.56 Å². The van der Waals surface area contributed by atoms with Crippen molar-refractivity contribution < 1.29 is 14.3 Å². The quantitative estimate of drug-likeness (QED) is 0.260. The smallest absolute Gasteiger partial charge is 0.266 e. The third-order valence-corrected chi connectivity index (χ3v) is 6.38. The molecule has 34 heavy (non-hydrogen) atoms. The number of amides is 1. The van der Waals surface area contributed by atoms with Crippen LogP contribution in [0.3, 0.4) is 0 Å². The summed E-state index contributed by atoms with van der Waals surface area (Å²) in [4.78, 5) is 30.7. The van der Waals surface area contributed by atoms with Gasteiger partial charge in [-0.1, -0.05) is 47.1 Å². The largest absolute Gasteiger partial charge is 0.495 e. The summed E-state index contributed by atoms with van der Waals surface area (Å²) in [6.07, 6.45) is 0. The van der Waals surface area contributed by atoms with Crippen molar-refractivity contribution in [2.75, 3.05) is 25.3 Å². The van der Waals surface area contributed by atoms with Gasteiger partial charge in [-0.2, -0.15) is 0 Å². The van der Waals surface area contributed by atoms with E-state index in [1.807, 2.05) is 0 Å². The minimum Gasteiger partial charge on any atom is -0.495 e. The Labute approximate surface area is 209 Å². The van der Waals surface area contributed by atoms with E-state index in [2.05, 4.69) is 10.3 Å². The molecule has 1 N–H and O–H groups in total. The number of thioether (sulfide) groups is 1. The number of methoxy groups -OCH3 is 2. The van der Waals surface area contributed by atoms with Gasteiger partial charge in [0.2, 0.25) is 5.91 Å². The minimum absolute atomic E-state index is 0.00959. The van der Waals surface area contributed by atoms with Gasteiger partial charge in [0.05, 0.1) is 47.3 Å². The summed E-state index contributed by atoms with van der Waals surface area (Å²) in [6, 6.07) is 17.0. The predicted octanol–water partition coefficient (Wildman–Crippen LogP) is 5.44. The van der Waals surface area contributed by atoms with Crippen molar-refractivity contribution >= 4 is 57.5 Å². The molecule has 0 bridgehead atoms. The number of halogens is 2. The third-order valence-electron chi connectivity index (χ3n) is 4.91. The molecule has 1 amide bonds. The molecule has 0 aliphatic rings. The van der Waals surface area contributed by atoms with Gasteiger partial charge in [-0.3, -0.25) is 14.2 Å². The van der Waals surface area contributed by atoms with Crippen LogP contribution in [0.2, 0.25) is 10.0 Å². The lowest BCUT2D eigenvalue weighted by Gasteiger charge is -2.15. The fraction of sp³-hybridized carbons (Fsp3) is 0.125. The monoisotopic (exact) mass is 515 g/mol. The maximum atomic E-state index is 13.4. The van der Waals surface area contributed by atoms with Crippen LogP contribution < -0.4 is 20.3 Å². The van der Waals surface area contributed by atoms with Crippen LogP contribution in [0.4, 0.5) is 5.69 Å². The Kier molecular flexibility index (Phi) is 7.31. The molecule has 4 rings (SSSR count). The summed E-state index contributed by atoms with van der Waals surface area (Å²) in [5, 5.41) is 4.39. The van der Waals surface area contributed by atoms with E-state index in [0.717, 1.165) is 11.8 Å². The first-order chi connectivity index (χ1) is 16.4. The zero-order valence-corrected chi connectivity index (χ0v) is 20.5. The van der Waals surface area contributed by atoms with E-state index in [1.165, 1.54) is 18.8 Å². The average molecular weight is 516 g/mol. The second kappa shape index (κ2) is 10.4. The molecule has 1 heterocycles. The first kappa shape index (κ1) is 23.9. The van der Waals surface area contributed by atoms with E-state index in [9.17, 15) is 9.59 Å². The standard InChI is InChI=1S/C24H19Cl2N3O4S/c1-32-20-10-8-15(12-17(20)26)29-23(31)16-5-3-4-6-18(16)28-24(29)34-13-22(30)27-19-11-14(25)7-9-21(19)33-2/h3-12H,13H2,1-2H3,(H,27,30). The van der Waals surface area contributed by atoms with Crippen LogP contribution in [0, 0.1) is 0 Å². The van der Waals surface area contributed by atoms with Crippen LogP contribution in [-0.4, -0.2) is 35.4 Å². The maximum Gasteiger partial charge on any atom is 0.266 e. The lowest BCUT2D eigenvalue weighted by Crippen LogP contribution is -2.23. The van der Waals surface area contributed by atoms with Gasteiger partial charge in [0.1, 0.15) is 11.5 Å². The molecule has 0 unspecified atom stereocenters. The molecule has 0 fully saturated rings. The van der Waals surface area contributed by atoms with E-state index >= 15 is 0 Å². The molecule has 0 aliphatic carbocycles. The van der Waals surface area contributed by atoms with Crippen LogP contribution in [0.5, 0.6) is 11.5 Å². The van der Waals surface area contributed by atoms with Gasteiger partial charge in [-0.15, -0.1) is 0 Å².